The van der Waals surface area contributed by atoms with Crippen LogP contribution in [0.4, 0.5) is 0 Å². The van der Waals surface area contributed by atoms with E-state index in [4.69, 9.17) is 13.6 Å². The Labute approximate surface area is 302 Å². The molecule has 0 aromatic heterocycles. The third-order valence-corrected chi connectivity index (χ3v) is 37.5. The van der Waals surface area contributed by atoms with E-state index >= 15 is 0 Å². The molecule has 0 aromatic rings. The van der Waals surface area contributed by atoms with E-state index < -0.39 is 35.0 Å². The Morgan fingerprint density at radius 1 is 0.830 bits per heavy atom. The van der Waals surface area contributed by atoms with Crippen LogP contribution in [-0.4, -0.2) is 59.0 Å². The number of hydrogen-bond acceptors (Lipinski definition) is 3. The Morgan fingerprint density at radius 2 is 1.38 bits per heavy atom. The molecule has 278 valence electrons. The molecule has 0 aromatic carbocycles. The second kappa shape index (κ2) is 19.6. The van der Waals surface area contributed by atoms with E-state index in [-0.39, 0.29) is 15.9 Å². The number of rotatable bonds is 23. The Bertz CT molecular complexity index is 896. The number of unbranched alkanes of at least 4 members (excludes halogenated alkanes) is 3. The van der Waals surface area contributed by atoms with Gasteiger partial charge in [-0.05, 0) is 18.1 Å². The SMILES string of the molecule is CCC[CH2][Sn]([CH2]CCC)([CH2]CCC)[CH2]OCC1=C[C@]2(C)CC[C@@H](O[Si](CC)(CC)CC)[C@@](C)(CCCO[Si](C)(C)C(C)(C)C)[C@@H]2CC1. The van der Waals surface area contributed by atoms with Gasteiger partial charge >= 0.3 is 236 Å². The van der Waals surface area contributed by atoms with Gasteiger partial charge in [-0.15, -0.1) is 0 Å². The zero-order chi connectivity index (χ0) is 35.4. The van der Waals surface area contributed by atoms with Gasteiger partial charge in [0.25, 0.3) is 0 Å². The fourth-order valence-electron chi connectivity index (χ4n) is 9.21. The Morgan fingerprint density at radius 3 is 1.87 bits per heavy atom. The van der Waals surface area contributed by atoms with Gasteiger partial charge in [-0.2, -0.15) is 0 Å². The zero-order valence-corrected chi connectivity index (χ0v) is 39.2. The minimum absolute atomic E-state index is 0.191. The van der Waals surface area contributed by atoms with Gasteiger partial charge in [0, 0.05) is 0 Å². The van der Waals surface area contributed by atoms with Crippen molar-refractivity contribution in [3.8, 4) is 0 Å². The monoisotopic (exact) mass is 800 g/mol. The third kappa shape index (κ3) is 11.9. The van der Waals surface area contributed by atoms with E-state index in [0.717, 1.165) is 24.3 Å². The van der Waals surface area contributed by atoms with Gasteiger partial charge < -0.3 is 0 Å². The first-order chi connectivity index (χ1) is 22.1. The predicted molar refractivity (Wildman–Crippen MR) is 216 cm³/mol. The molecule has 1 saturated carbocycles. The van der Waals surface area contributed by atoms with Crippen LogP contribution in [0.25, 0.3) is 0 Å². The third-order valence-electron chi connectivity index (χ3n) is 13.9. The van der Waals surface area contributed by atoms with Crippen molar-refractivity contribution in [3.05, 3.63) is 11.6 Å². The van der Waals surface area contributed by atoms with E-state index in [1.807, 2.05) is 0 Å². The van der Waals surface area contributed by atoms with E-state index in [1.165, 1.54) is 88.8 Å². The topological polar surface area (TPSA) is 27.7 Å². The molecule has 2 aliphatic rings. The van der Waals surface area contributed by atoms with Crippen LogP contribution in [0.5, 0.6) is 0 Å². The van der Waals surface area contributed by atoms with E-state index in [0.29, 0.717) is 12.0 Å². The van der Waals surface area contributed by atoms with Crippen molar-refractivity contribution in [3.63, 3.8) is 0 Å². The van der Waals surface area contributed by atoms with Crippen LogP contribution in [0, 0.1) is 16.7 Å². The Kier molecular flexibility index (Phi) is 18.4. The van der Waals surface area contributed by atoms with Crippen molar-refractivity contribution >= 4 is 35.0 Å². The van der Waals surface area contributed by atoms with Gasteiger partial charge in [-0.1, -0.05) is 41.5 Å². The Hall–Kier alpha value is 0.852. The molecule has 1 fully saturated rings. The van der Waals surface area contributed by atoms with Crippen LogP contribution in [0.1, 0.15) is 153 Å². The molecule has 6 heteroatoms. The maximum absolute atomic E-state index is 7.48. The van der Waals surface area contributed by atoms with E-state index in [2.05, 4.69) is 95.3 Å². The molecular formula is C41H84O3Si2Sn. The van der Waals surface area contributed by atoms with Crippen molar-refractivity contribution in [2.45, 2.75) is 209 Å². The van der Waals surface area contributed by atoms with Crippen molar-refractivity contribution < 1.29 is 13.6 Å². The second-order valence-corrected chi connectivity index (χ2v) is 41.5. The van der Waals surface area contributed by atoms with Crippen LogP contribution < -0.4 is 0 Å². The summed E-state index contributed by atoms with van der Waals surface area (Å²) in [6.07, 6.45) is 18.8. The van der Waals surface area contributed by atoms with Crippen LogP contribution in [0.2, 0.25) is 49.6 Å². The van der Waals surface area contributed by atoms with Crippen LogP contribution in [0.15, 0.2) is 11.6 Å². The quantitative estimate of drug-likeness (QED) is 0.0585. The van der Waals surface area contributed by atoms with Gasteiger partial charge in [0.05, 0.1) is 0 Å². The molecule has 0 aliphatic heterocycles. The van der Waals surface area contributed by atoms with Crippen molar-refractivity contribution in [2.75, 3.05) is 17.8 Å². The minimum atomic E-state index is -2.27. The zero-order valence-electron chi connectivity index (χ0n) is 34.3. The summed E-state index contributed by atoms with van der Waals surface area (Å²) in [5.41, 5.74) is 2.04. The van der Waals surface area contributed by atoms with Crippen molar-refractivity contribution in [1.82, 2.24) is 0 Å². The predicted octanol–water partition coefficient (Wildman–Crippen LogP) is 13.7. The summed E-state index contributed by atoms with van der Waals surface area (Å²) in [5, 5.41) is 0.263. The number of hydrogen-bond donors (Lipinski definition) is 0. The molecule has 2 aliphatic carbocycles. The number of fused-ring (bicyclic) bond motifs is 1. The fourth-order valence-corrected chi connectivity index (χ4v) is 27.6. The standard InChI is InChI=1S/C29H57O3Si2.3C4H9.Sn/c1-12-34(13-2,14-3)32-26-18-20-28(7)22-24(23-30-9)16-17-25(28)29(26,8)19-15-21-31-33(10,11)27(4,5)6;3*1-3-4-2;/h22,25-26H,9,12-21,23H2,1-8,10-11H3;3*1,3-4H2,2H3;/t25-,26-,28+,29+;;;;/m1..../s1. The van der Waals surface area contributed by atoms with E-state index in [1.54, 1.807) is 18.9 Å². The first kappa shape index (κ1) is 44.0. The Balaban J connectivity index is 2.27. The number of ether oxygens (including phenoxy) is 1. The van der Waals surface area contributed by atoms with Crippen molar-refractivity contribution in [1.29, 1.82) is 0 Å². The maximum atomic E-state index is 7.48. The molecule has 2 rings (SSSR count). The molecule has 0 heterocycles. The fraction of sp³-hybridized carbons (Fsp3) is 0.951. The van der Waals surface area contributed by atoms with Gasteiger partial charge in [0.1, 0.15) is 0 Å². The molecule has 47 heavy (non-hydrogen) atoms. The number of allylic oxidation sites excluding steroid dienone is 1. The summed E-state index contributed by atoms with van der Waals surface area (Å²) in [6, 6.07) is 3.73. The molecule has 0 bridgehead atoms. The molecule has 0 radical (unpaired) electrons. The molecule has 4 atom stereocenters. The summed E-state index contributed by atoms with van der Waals surface area (Å²) in [5.74, 6) is 0.666. The van der Waals surface area contributed by atoms with Crippen LogP contribution in [-0.2, 0) is 13.6 Å². The van der Waals surface area contributed by atoms with Gasteiger partial charge in [0.2, 0.25) is 0 Å². The molecule has 0 unspecified atom stereocenters. The first-order valence-electron chi connectivity index (χ1n) is 20.7. The average molecular weight is 800 g/mol. The average Bonchev–Trinajstić information content (AvgIpc) is 3.03. The summed E-state index contributed by atoms with van der Waals surface area (Å²) < 4.78 is 26.9. The van der Waals surface area contributed by atoms with Crippen LogP contribution in [0.3, 0.4) is 0 Å². The van der Waals surface area contributed by atoms with Crippen LogP contribution >= 0.6 is 0 Å². The first-order valence-corrected chi connectivity index (χ1v) is 34.2. The normalized spacial score (nSPS) is 25.9. The molecule has 3 nitrogen and oxygen atoms in total. The summed E-state index contributed by atoms with van der Waals surface area (Å²) in [6.45, 7) is 33.3. The molecular weight excluding hydrogens is 715 g/mol. The van der Waals surface area contributed by atoms with Crippen molar-refractivity contribution in [2.24, 2.45) is 16.7 Å². The van der Waals surface area contributed by atoms with Gasteiger partial charge in [0.15, 0.2) is 8.32 Å². The van der Waals surface area contributed by atoms with Gasteiger partial charge in [-0.25, -0.2) is 0 Å². The summed E-state index contributed by atoms with van der Waals surface area (Å²) >= 11 is -2.27. The van der Waals surface area contributed by atoms with E-state index in [9.17, 15) is 0 Å². The second-order valence-electron chi connectivity index (χ2n) is 18.3. The van der Waals surface area contributed by atoms with Gasteiger partial charge in [-0.3, -0.25) is 0 Å². The molecule has 0 spiro atoms. The molecule has 0 saturated heterocycles. The summed E-state index contributed by atoms with van der Waals surface area (Å²) in [4.78, 5) is 0. The molecule has 0 amide bonds. The molecule has 0 N–H and O–H groups in total. The summed E-state index contributed by atoms with van der Waals surface area (Å²) in [7, 11) is -3.45.